The lowest BCUT2D eigenvalue weighted by Gasteiger charge is -2.41. The Balaban J connectivity index is 2.06. The Morgan fingerprint density at radius 1 is 1.24 bits per heavy atom. The summed E-state index contributed by atoms with van der Waals surface area (Å²) in [5, 5.41) is 20.5. The zero-order valence-electron chi connectivity index (χ0n) is 20.8. The molecule has 0 radical (unpaired) electrons. The van der Waals surface area contributed by atoms with E-state index in [0.29, 0.717) is 12.8 Å². The first-order valence-electron chi connectivity index (χ1n) is 12.0. The highest BCUT2D eigenvalue weighted by Crippen LogP contribution is 2.53. The van der Waals surface area contributed by atoms with Crippen LogP contribution in [0.2, 0.25) is 0 Å². The maximum atomic E-state index is 12.9. The van der Waals surface area contributed by atoms with E-state index in [0.717, 1.165) is 5.57 Å². The van der Waals surface area contributed by atoms with Gasteiger partial charge in [-0.3, -0.25) is 0 Å². The highest BCUT2D eigenvalue weighted by Gasteiger charge is 2.57. The number of cyclic esters (lactones) is 1. The Morgan fingerprint density at radius 2 is 1.91 bits per heavy atom. The number of carbonyl (C=O) groups is 2. The van der Waals surface area contributed by atoms with Crippen molar-refractivity contribution in [3.05, 3.63) is 23.8 Å². The van der Waals surface area contributed by atoms with E-state index >= 15 is 0 Å². The number of aliphatic hydroxyl groups is 2. The monoisotopic (exact) mass is 481 g/mol. The Hall–Kier alpha value is -1.94. The number of hydrogen-bond donors (Lipinski definition) is 3. The molecule has 3 rings (SSSR count). The molecule has 2 heterocycles. The molecule has 9 heteroatoms. The molecule has 0 aromatic heterocycles. The number of aliphatic hydroxyl groups excluding tert-OH is 2. The molecule has 2 aliphatic heterocycles. The van der Waals surface area contributed by atoms with E-state index in [2.05, 4.69) is 0 Å². The van der Waals surface area contributed by atoms with Gasteiger partial charge in [-0.25, -0.2) is 9.59 Å². The van der Waals surface area contributed by atoms with Gasteiger partial charge in [0, 0.05) is 30.8 Å². The summed E-state index contributed by atoms with van der Waals surface area (Å²) in [5.41, 5.74) is 5.55. The average Bonchev–Trinajstić information content (AvgIpc) is 3.07. The molecular formula is C25H39NO8. The van der Waals surface area contributed by atoms with Crippen LogP contribution in [-0.4, -0.2) is 71.6 Å². The molecule has 1 saturated heterocycles. The van der Waals surface area contributed by atoms with Crippen LogP contribution in [-0.2, 0) is 23.7 Å². The van der Waals surface area contributed by atoms with Gasteiger partial charge in [0.15, 0.2) is 6.10 Å². The van der Waals surface area contributed by atoms with Crippen molar-refractivity contribution in [1.29, 1.82) is 0 Å². The number of hydrogen-bond acceptors (Lipinski definition) is 8. The molecule has 1 aliphatic carbocycles. The molecule has 0 aromatic carbocycles. The van der Waals surface area contributed by atoms with Gasteiger partial charge in [-0.2, -0.15) is 0 Å². The molecule has 4 N–H and O–H groups in total. The van der Waals surface area contributed by atoms with Crippen molar-refractivity contribution in [2.45, 2.75) is 89.7 Å². The van der Waals surface area contributed by atoms with Crippen molar-refractivity contribution in [1.82, 2.24) is 0 Å². The van der Waals surface area contributed by atoms with Crippen molar-refractivity contribution in [2.24, 2.45) is 29.4 Å². The fourth-order valence-corrected chi connectivity index (χ4v) is 5.71. The largest absolute Gasteiger partial charge is 0.457 e. The topological polar surface area (TPSA) is 138 Å². The quantitative estimate of drug-likeness (QED) is 0.387. The van der Waals surface area contributed by atoms with E-state index in [1.54, 1.807) is 20.8 Å². The predicted octanol–water partition coefficient (Wildman–Crippen LogP) is 2.09. The van der Waals surface area contributed by atoms with Crippen molar-refractivity contribution in [2.75, 3.05) is 7.11 Å². The molecule has 0 unspecified atom stereocenters. The number of esters is 1. The van der Waals surface area contributed by atoms with Gasteiger partial charge < -0.3 is 34.9 Å². The van der Waals surface area contributed by atoms with E-state index in [1.165, 1.54) is 7.11 Å². The van der Waals surface area contributed by atoms with Crippen LogP contribution < -0.4 is 5.73 Å². The van der Waals surface area contributed by atoms with Gasteiger partial charge in [0.25, 0.3) is 0 Å². The summed E-state index contributed by atoms with van der Waals surface area (Å²) in [5.74, 6) is -1.50. The second-order valence-corrected chi connectivity index (χ2v) is 10.1. The zero-order valence-corrected chi connectivity index (χ0v) is 20.8. The molecule has 34 heavy (non-hydrogen) atoms. The van der Waals surface area contributed by atoms with Crippen molar-refractivity contribution in [3.8, 4) is 0 Å². The Bertz CT molecular complexity index is 824. The standard InChI is InChI=1S/C25H39NO8/c1-12-9-13(2)25-11-17(22(34-25)21(33-24(26)30)14(3)15(4)27)7-8-18(25)10-19(31-6)23(29)32-20(12)16(5)28/h7-9,12,14-22,27-28H,10-11H2,1-6H3,(H2,26,30)/b13-9+/t12-,14-,15+,16-,17-,18-,19+,20+,21-,22-,25+/m1/s1. The summed E-state index contributed by atoms with van der Waals surface area (Å²) >= 11 is 0. The van der Waals surface area contributed by atoms with Gasteiger partial charge in [-0.05, 0) is 39.2 Å². The van der Waals surface area contributed by atoms with E-state index in [-0.39, 0.29) is 17.8 Å². The Kier molecular flexibility index (Phi) is 8.12. The van der Waals surface area contributed by atoms with Gasteiger partial charge in [0.2, 0.25) is 0 Å². The minimum atomic E-state index is -0.922. The summed E-state index contributed by atoms with van der Waals surface area (Å²) < 4.78 is 23.4. The summed E-state index contributed by atoms with van der Waals surface area (Å²) in [6.07, 6.45) is 1.62. The zero-order chi connectivity index (χ0) is 25.4. The molecule has 0 saturated carbocycles. The van der Waals surface area contributed by atoms with Gasteiger partial charge in [0.05, 0.1) is 17.8 Å². The lowest BCUT2D eigenvalue weighted by molar-refractivity contribution is -0.172. The molecular weight excluding hydrogens is 442 g/mol. The van der Waals surface area contributed by atoms with Gasteiger partial charge in [-0.1, -0.05) is 32.1 Å². The third-order valence-electron chi connectivity index (χ3n) is 7.79. The summed E-state index contributed by atoms with van der Waals surface area (Å²) in [6.45, 7) is 8.90. The molecule has 1 fully saturated rings. The number of nitrogens with two attached hydrogens (primary N) is 1. The lowest BCUT2D eigenvalue weighted by atomic mass is 9.69. The molecule has 9 nitrogen and oxygen atoms in total. The number of methoxy groups -OCH3 is 1. The van der Waals surface area contributed by atoms with E-state index in [4.69, 9.17) is 24.7 Å². The SMILES string of the molecule is CO[C@H]1C[C@H]2C=C[C@@H]3C[C@]2(O[C@H]3[C@H](OC(N)=O)[C@H](C)[C@H](C)O)/C(C)=C/[C@@H](C)[C@@H]([C@@H](C)O)OC1=O. The first-order chi connectivity index (χ1) is 15.9. The van der Waals surface area contributed by atoms with Crippen LogP contribution in [0.4, 0.5) is 4.79 Å². The van der Waals surface area contributed by atoms with Crippen LogP contribution in [0.5, 0.6) is 0 Å². The summed E-state index contributed by atoms with van der Waals surface area (Å²) in [6, 6.07) is 0. The van der Waals surface area contributed by atoms with Crippen LogP contribution in [0.3, 0.4) is 0 Å². The number of rotatable bonds is 6. The summed E-state index contributed by atoms with van der Waals surface area (Å²) in [7, 11) is 1.46. The lowest BCUT2D eigenvalue weighted by Crippen LogP contribution is -2.47. The highest BCUT2D eigenvalue weighted by molar-refractivity contribution is 5.75. The van der Waals surface area contributed by atoms with Crippen LogP contribution in [0, 0.1) is 23.7 Å². The predicted molar refractivity (Wildman–Crippen MR) is 124 cm³/mol. The smallest absolute Gasteiger partial charge is 0.404 e. The first kappa shape index (κ1) is 26.7. The van der Waals surface area contributed by atoms with Gasteiger partial charge in [0.1, 0.15) is 18.3 Å². The second-order valence-electron chi connectivity index (χ2n) is 10.1. The maximum Gasteiger partial charge on any atom is 0.404 e. The van der Waals surface area contributed by atoms with Crippen molar-refractivity contribution >= 4 is 12.1 Å². The molecule has 1 amide bonds. The third-order valence-corrected chi connectivity index (χ3v) is 7.79. The van der Waals surface area contributed by atoms with Crippen LogP contribution in [0.25, 0.3) is 0 Å². The fourth-order valence-electron chi connectivity index (χ4n) is 5.71. The van der Waals surface area contributed by atoms with Gasteiger partial charge in [-0.15, -0.1) is 0 Å². The Labute approximate surface area is 201 Å². The molecule has 192 valence electrons. The van der Waals surface area contributed by atoms with E-state index in [1.807, 2.05) is 32.1 Å². The number of ether oxygens (including phenoxy) is 4. The number of primary amides is 1. The minimum absolute atomic E-state index is 0.0797. The average molecular weight is 482 g/mol. The van der Waals surface area contributed by atoms with Crippen molar-refractivity contribution < 1.29 is 38.7 Å². The molecule has 1 spiro atoms. The van der Waals surface area contributed by atoms with Crippen LogP contribution in [0.15, 0.2) is 23.8 Å². The van der Waals surface area contributed by atoms with Gasteiger partial charge >= 0.3 is 12.1 Å². The summed E-state index contributed by atoms with van der Waals surface area (Å²) in [4.78, 5) is 24.6. The number of amides is 1. The molecule has 3 aliphatic rings. The highest BCUT2D eigenvalue weighted by atomic mass is 16.6. The minimum Gasteiger partial charge on any atom is -0.457 e. The normalized spacial score (nSPS) is 40.7. The van der Waals surface area contributed by atoms with E-state index in [9.17, 15) is 19.8 Å². The second kappa shape index (κ2) is 10.4. The fraction of sp³-hybridized carbons (Fsp3) is 0.760. The molecule has 11 atom stereocenters. The van der Waals surface area contributed by atoms with Crippen molar-refractivity contribution in [3.63, 3.8) is 0 Å². The number of carbonyl (C=O) groups excluding carboxylic acids is 2. The molecule has 0 aromatic rings. The third kappa shape index (κ3) is 5.03. The maximum absolute atomic E-state index is 12.9. The first-order valence-corrected chi connectivity index (χ1v) is 12.0. The number of fused-ring (bicyclic) bond motifs is 1. The van der Waals surface area contributed by atoms with E-state index < -0.39 is 60.2 Å². The van der Waals surface area contributed by atoms with Crippen LogP contribution in [0.1, 0.15) is 47.5 Å². The Morgan fingerprint density at radius 3 is 2.47 bits per heavy atom. The molecule has 2 bridgehead atoms. The van der Waals surface area contributed by atoms with Crippen LogP contribution >= 0.6 is 0 Å².